The third-order valence-electron chi connectivity index (χ3n) is 5.66. The number of nitrogens with zero attached hydrogens (tertiary/aromatic N) is 3. The number of carboxylic acid groups (broad SMARTS) is 1. The van der Waals surface area contributed by atoms with Crippen LogP contribution in [0.1, 0.15) is 23.2 Å². The van der Waals surface area contributed by atoms with E-state index in [1.165, 1.54) is 12.1 Å². The highest BCUT2D eigenvalue weighted by Gasteiger charge is 2.20. The van der Waals surface area contributed by atoms with E-state index in [-0.39, 0.29) is 11.6 Å². The average molecular weight is 453 g/mol. The summed E-state index contributed by atoms with van der Waals surface area (Å²) in [7, 11) is 0. The first-order chi connectivity index (χ1) is 16.0. The third-order valence-corrected chi connectivity index (χ3v) is 5.66. The lowest BCUT2D eigenvalue weighted by Crippen LogP contribution is -2.39. The quantitative estimate of drug-likeness (QED) is 0.466. The Morgan fingerprint density at radius 3 is 2.76 bits per heavy atom. The number of ether oxygens (including phenoxy) is 1. The van der Waals surface area contributed by atoms with E-state index in [4.69, 9.17) is 14.7 Å². The van der Waals surface area contributed by atoms with Gasteiger partial charge in [-0.1, -0.05) is 6.58 Å². The molecule has 1 amide bonds. The maximum Gasteiger partial charge on any atom is 0.335 e. The summed E-state index contributed by atoms with van der Waals surface area (Å²) in [6.45, 7) is 7.88. The molecule has 3 heterocycles. The molecule has 10 heteroatoms. The van der Waals surface area contributed by atoms with Crippen molar-refractivity contribution in [1.29, 1.82) is 0 Å². The Hall–Kier alpha value is -3.50. The Kier molecular flexibility index (Phi) is 7.16. The van der Waals surface area contributed by atoms with Crippen molar-refractivity contribution in [3.8, 4) is 11.3 Å². The van der Waals surface area contributed by atoms with Gasteiger partial charge in [0, 0.05) is 37.3 Å². The summed E-state index contributed by atoms with van der Waals surface area (Å²) >= 11 is 0. The van der Waals surface area contributed by atoms with Crippen LogP contribution in [0.25, 0.3) is 11.3 Å². The van der Waals surface area contributed by atoms with Gasteiger partial charge < -0.3 is 30.7 Å². The minimum absolute atomic E-state index is 0.0964. The maximum atomic E-state index is 12.0. The molecule has 0 bridgehead atoms. The summed E-state index contributed by atoms with van der Waals surface area (Å²) in [5.74, 6) is -0.277. The van der Waals surface area contributed by atoms with Gasteiger partial charge in [0.05, 0.1) is 30.2 Å². The molecule has 4 rings (SSSR count). The van der Waals surface area contributed by atoms with E-state index in [1.54, 1.807) is 6.07 Å². The minimum atomic E-state index is -1.06. The van der Waals surface area contributed by atoms with Gasteiger partial charge in [0.1, 0.15) is 5.82 Å². The molecular weight excluding hydrogens is 424 g/mol. The van der Waals surface area contributed by atoms with Crippen LogP contribution in [0.15, 0.2) is 36.9 Å². The Morgan fingerprint density at radius 2 is 2.06 bits per heavy atom. The van der Waals surface area contributed by atoms with Crippen LogP contribution in [-0.2, 0) is 9.53 Å². The molecule has 1 aromatic carbocycles. The van der Waals surface area contributed by atoms with E-state index < -0.39 is 11.9 Å². The summed E-state index contributed by atoms with van der Waals surface area (Å²) in [6, 6.07) is 6.53. The molecule has 33 heavy (non-hydrogen) atoms. The van der Waals surface area contributed by atoms with Crippen LogP contribution in [0.3, 0.4) is 0 Å². The molecule has 1 aromatic heterocycles. The van der Waals surface area contributed by atoms with E-state index in [2.05, 4.69) is 27.4 Å². The molecule has 2 saturated heterocycles. The number of anilines is 3. The Balaban J connectivity index is 1.78. The van der Waals surface area contributed by atoms with Gasteiger partial charge >= 0.3 is 5.97 Å². The number of benzene rings is 1. The fourth-order valence-electron chi connectivity index (χ4n) is 3.93. The molecule has 2 fully saturated rings. The van der Waals surface area contributed by atoms with Gasteiger partial charge in [0.2, 0.25) is 11.9 Å². The number of hydrogen-bond donors (Lipinski definition) is 4. The summed E-state index contributed by atoms with van der Waals surface area (Å²) in [5.41, 5.74) is 1.55. The van der Waals surface area contributed by atoms with Crippen LogP contribution in [0, 0.1) is 0 Å². The van der Waals surface area contributed by atoms with E-state index in [1.807, 2.05) is 6.07 Å². The lowest BCUT2D eigenvalue weighted by molar-refractivity contribution is -0.111. The first-order valence-corrected chi connectivity index (χ1v) is 11.0. The molecule has 2 aliphatic heterocycles. The summed E-state index contributed by atoms with van der Waals surface area (Å²) in [4.78, 5) is 35.2. The second-order valence-corrected chi connectivity index (χ2v) is 7.98. The molecule has 0 unspecified atom stereocenters. The number of carboxylic acids is 1. The van der Waals surface area contributed by atoms with Crippen molar-refractivity contribution in [1.82, 2.24) is 15.3 Å². The molecule has 0 saturated carbocycles. The maximum absolute atomic E-state index is 12.0. The third kappa shape index (κ3) is 5.65. The second kappa shape index (κ2) is 10.4. The van der Waals surface area contributed by atoms with Crippen molar-refractivity contribution < 1.29 is 19.4 Å². The number of carbonyl (C=O) groups excluding carboxylic acids is 1. The predicted molar refractivity (Wildman–Crippen MR) is 126 cm³/mol. The number of hydrogen-bond acceptors (Lipinski definition) is 8. The first-order valence-electron chi connectivity index (χ1n) is 11.0. The summed E-state index contributed by atoms with van der Waals surface area (Å²) in [5, 5.41) is 19.1. The van der Waals surface area contributed by atoms with E-state index in [0.717, 1.165) is 37.8 Å². The monoisotopic (exact) mass is 452 g/mol. The van der Waals surface area contributed by atoms with Crippen LogP contribution in [-0.4, -0.2) is 72.4 Å². The zero-order chi connectivity index (χ0) is 23.2. The summed E-state index contributed by atoms with van der Waals surface area (Å²) < 4.78 is 5.47. The molecule has 2 aliphatic rings. The zero-order valence-corrected chi connectivity index (χ0v) is 18.3. The summed E-state index contributed by atoms with van der Waals surface area (Å²) in [6.07, 6.45) is 3.23. The van der Waals surface area contributed by atoms with Crippen molar-refractivity contribution in [2.45, 2.75) is 18.9 Å². The van der Waals surface area contributed by atoms with Crippen LogP contribution in [0.4, 0.5) is 17.5 Å². The van der Waals surface area contributed by atoms with Gasteiger partial charge in [0.25, 0.3) is 0 Å². The molecule has 10 nitrogen and oxygen atoms in total. The molecule has 2 aromatic rings. The smallest absolute Gasteiger partial charge is 0.335 e. The van der Waals surface area contributed by atoms with Crippen molar-refractivity contribution in [3.05, 3.63) is 42.5 Å². The number of morpholine rings is 1. The lowest BCUT2D eigenvalue weighted by Gasteiger charge is -2.29. The van der Waals surface area contributed by atoms with Crippen molar-refractivity contribution >= 4 is 29.3 Å². The van der Waals surface area contributed by atoms with Crippen LogP contribution in [0.5, 0.6) is 0 Å². The van der Waals surface area contributed by atoms with Gasteiger partial charge in [0.15, 0.2) is 0 Å². The highest BCUT2D eigenvalue weighted by Crippen LogP contribution is 2.31. The SMILES string of the molecule is C=CC(=O)Nc1ccc(C(=O)O)cc1-c1cc(N2CCOCC2)nc(N[C@@H]2CCCNC2)n1. The molecule has 4 N–H and O–H groups in total. The first kappa shape index (κ1) is 22.7. The minimum Gasteiger partial charge on any atom is -0.478 e. The van der Waals surface area contributed by atoms with Crippen LogP contribution < -0.4 is 20.9 Å². The van der Waals surface area contributed by atoms with Crippen molar-refractivity contribution in [2.75, 3.05) is 54.9 Å². The highest BCUT2D eigenvalue weighted by molar-refractivity contribution is 6.02. The molecule has 1 atom stereocenters. The molecular formula is C23H28N6O4. The lowest BCUT2D eigenvalue weighted by atomic mass is 10.0. The van der Waals surface area contributed by atoms with E-state index in [0.29, 0.717) is 49.2 Å². The van der Waals surface area contributed by atoms with Crippen molar-refractivity contribution in [3.63, 3.8) is 0 Å². The molecule has 0 radical (unpaired) electrons. The van der Waals surface area contributed by atoms with E-state index >= 15 is 0 Å². The Morgan fingerprint density at radius 1 is 1.24 bits per heavy atom. The number of carbonyl (C=O) groups is 2. The van der Waals surface area contributed by atoms with Crippen molar-refractivity contribution in [2.24, 2.45) is 0 Å². The molecule has 174 valence electrons. The number of piperidine rings is 1. The largest absolute Gasteiger partial charge is 0.478 e. The zero-order valence-electron chi connectivity index (χ0n) is 18.3. The van der Waals surface area contributed by atoms with Gasteiger partial charge in [-0.15, -0.1) is 0 Å². The van der Waals surface area contributed by atoms with Gasteiger partial charge in [-0.05, 0) is 43.7 Å². The molecule has 0 aliphatic carbocycles. The van der Waals surface area contributed by atoms with Gasteiger partial charge in [-0.3, -0.25) is 4.79 Å². The van der Waals surface area contributed by atoms with Crippen LogP contribution in [0.2, 0.25) is 0 Å². The Bertz CT molecular complexity index is 1030. The number of nitrogens with one attached hydrogen (secondary N) is 3. The fraction of sp³-hybridized carbons (Fsp3) is 0.391. The van der Waals surface area contributed by atoms with Crippen LogP contribution >= 0.6 is 0 Å². The predicted octanol–water partition coefficient (Wildman–Crippen LogP) is 1.97. The Labute approximate surface area is 192 Å². The fourth-order valence-corrected chi connectivity index (χ4v) is 3.93. The topological polar surface area (TPSA) is 129 Å². The number of rotatable bonds is 7. The number of amides is 1. The highest BCUT2D eigenvalue weighted by atomic mass is 16.5. The number of aromatic carboxylic acids is 1. The standard InChI is InChI=1S/C23H28N6O4/c1-2-21(30)26-18-6-5-15(22(31)32)12-17(18)19-13-20(29-8-10-33-11-9-29)28-23(27-19)25-16-4-3-7-24-14-16/h2,5-6,12-13,16,24H,1,3-4,7-11,14H2,(H,26,30)(H,31,32)(H,25,27,28)/t16-/m1/s1. The second-order valence-electron chi connectivity index (χ2n) is 7.98. The van der Waals surface area contributed by atoms with E-state index in [9.17, 15) is 14.7 Å². The van der Waals surface area contributed by atoms with Gasteiger partial charge in [-0.25, -0.2) is 9.78 Å². The normalized spacial score (nSPS) is 18.4. The molecule has 0 spiro atoms. The number of aromatic nitrogens is 2. The average Bonchev–Trinajstić information content (AvgIpc) is 2.85. The van der Waals surface area contributed by atoms with Gasteiger partial charge in [-0.2, -0.15) is 4.98 Å².